The van der Waals surface area contributed by atoms with Gasteiger partial charge in [0.15, 0.2) is 6.10 Å². The van der Waals surface area contributed by atoms with Crippen molar-refractivity contribution in [1.82, 2.24) is 20.0 Å². The second-order valence-corrected chi connectivity index (χ2v) is 14.0. The predicted molar refractivity (Wildman–Crippen MR) is 180 cm³/mol. The number of amides is 4. The molecule has 1 atom stereocenters. The largest absolute Gasteiger partial charge is 0.436 e. The van der Waals surface area contributed by atoms with Crippen LogP contribution in [0.1, 0.15) is 56.6 Å². The molecule has 2 aromatic rings. The Morgan fingerprint density at radius 1 is 0.933 bits per heavy atom. The predicted octanol–water partition coefficient (Wildman–Crippen LogP) is 5.84. The van der Waals surface area contributed by atoms with E-state index in [0.717, 1.165) is 65.1 Å². The number of ether oxygens (including phenoxy) is 1. The van der Waals surface area contributed by atoms with Gasteiger partial charge in [0.25, 0.3) is 5.91 Å². The van der Waals surface area contributed by atoms with Crippen molar-refractivity contribution in [3.05, 3.63) is 63.6 Å². The fourth-order valence-electron chi connectivity index (χ4n) is 7.56. The molecular formula is C35H48BrN5O4. The fraction of sp³-hybridized carbons (Fsp3) is 0.571. The lowest BCUT2D eigenvalue weighted by Crippen LogP contribution is -2.52. The molecule has 4 aliphatic heterocycles. The number of nitrogens with zero attached hydrogens (tertiary/aromatic N) is 3. The van der Waals surface area contributed by atoms with E-state index in [4.69, 9.17) is 4.74 Å². The van der Waals surface area contributed by atoms with E-state index in [1.165, 1.54) is 12.8 Å². The lowest BCUT2D eigenvalue weighted by Gasteiger charge is -2.39. The molecule has 3 saturated heterocycles. The highest BCUT2D eigenvalue weighted by atomic mass is 79.9. The Kier molecular flexibility index (Phi) is 10.3. The van der Waals surface area contributed by atoms with Gasteiger partial charge in [-0.05, 0) is 106 Å². The highest BCUT2D eigenvalue weighted by Gasteiger charge is 2.36. The van der Waals surface area contributed by atoms with E-state index >= 15 is 0 Å². The van der Waals surface area contributed by atoms with E-state index in [1.54, 1.807) is 4.90 Å². The van der Waals surface area contributed by atoms with Gasteiger partial charge in [0.05, 0.1) is 0 Å². The lowest BCUT2D eigenvalue weighted by atomic mass is 9.79. The number of piperidine rings is 3. The molecule has 3 fully saturated rings. The first kappa shape index (κ1) is 31.9. The van der Waals surface area contributed by atoms with Crippen LogP contribution in [0.3, 0.4) is 0 Å². The van der Waals surface area contributed by atoms with Gasteiger partial charge in [-0.3, -0.25) is 4.79 Å². The van der Waals surface area contributed by atoms with Gasteiger partial charge in [-0.2, -0.15) is 0 Å². The maximum Gasteiger partial charge on any atom is 0.410 e. The number of rotatable bonds is 6. The molecule has 45 heavy (non-hydrogen) atoms. The molecule has 0 bridgehead atoms. The van der Waals surface area contributed by atoms with Crippen molar-refractivity contribution >= 4 is 39.6 Å². The molecule has 10 heteroatoms. The van der Waals surface area contributed by atoms with E-state index in [0.29, 0.717) is 57.9 Å². The van der Waals surface area contributed by atoms with Gasteiger partial charge in [-0.25, -0.2) is 9.59 Å². The average molecular weight is 683 g/mol. The third-order valence-corrected chi connectivity index (χ3v) is 11.2. The van der Waals surface area contributed by atoms with Crippen molar-refractivity contribution < 1.29 is 20.5 Å². The van der Waals surface area contributed by atoms with Crippen LogP contribution in [-0.2, 0) is 22.4 Å². The molecule has 2 aromatic carbocycles. The molecule has 0 aliphatic carbocycles. The van der Waals surface area contributed by atoms with E-state index in [2.05, 4.69) is 32.6 Å². The first-order valence-corrected chi connectivity index (χ1v) is 17.5. The standard InChI is InChI=1S/C35H46BrN5O4.H2/c1-24-6-7-25(22-30(24)36)23-32(33(42)39-17-10-27(11-18-39)26-8-15-37-16-9-26)45-35(44)40-19-13-29(14-20-40)41-21-12-28-4-2-3-5-31(28)38-34(41)43;/h2-7,22,26-27,29,32,37H,8-21,23H2,1H3,(H,38,43);1H/t32-;/m1./s1. The number of urea groups is 1. The Morgan fingerprint density at radius 3 is 2.36 bits per heavy atom. The maximum atomic E-state index is 13.9. The van der Waals surface area contributed by atoms with Gasteiger partial charge >= 0.3 is 12.1 Å². The zero-order valence-electron chi connectivity index (χ0n) is 26.3. The van der Waals surface area contributed by atoms with Gasteiger partial charge in [0.2, 0.25) is 0 Å². The van der Waals surface area contributed by atoms with Crippen LogP contribution in [0.2, 0.25) is 0 Å². The minimum Gasteiger partial charge on any atom is -0.436 e. The smallest absolute Gasteiger partial charge is 0.410 e. The first-order valence-electron chi connectivity index (χ1n) is 16.7. The zero-order chi connectivity index (χ0) is 31.3. The van der Waals surface area contributed by atoms with Gasteiger partial charge < -0.3 is 30.1 Å². The molecule has 9 nitrogen and oxygen atoms in total. The highest BCUT2D eigenvalue weighted by Crippen LogP contribution is 2.32. The molecule has 2 N–H and O–H groups in total. The van der Waals surface area contributed by atoms with Crippen LogP contribution in [-0.4, -0.2) is 90.7 Å². The van der Waals surface area contributed by atoms with E-state index in [-0.39, 0.29) is 19.4 Å². The highest BCUT2D eigenvalue weighted by molar-refractivity contribution is 9.10. The zero-order valence-corrected chi connectivity index (χ0v) is 27.9. The summed E-state index contributed by atoms with van der Waals surface area (Å²) >= 11 is 3.62. The Morgan fingerprint density at radius 2 is 1.62 bits per heavy atom. The average Bonchev–Trinajstić information content (AvgIpc) is 3.24. The molecule has 6 rings (SSSR count). The number of fused-ring (bicyclic) bond motifs is 1. The number of carbonyl (C=O) groups is 3. The van der Waals surface area contributed by atoms with Crippen LogP contribution in [0.4, 0.5) is 15.3 Å². The monoisotopic (exact) mass is 681 g/mol. The van der Waals surface area contributed by atoms with Crippen molar-refractivity contribution in [3.63, 3.8) is 0 Å². The number of benzene rings is 2. The van der Waals surface area contributed by atoms with E-state index in [9.17, 15) is 14.4 Å². The fourth-order valence-corrected chi connectivity index (χ4v) is 7.99. The topological polar surface area (TPSA) is 94.2 Å². The van der Waals surface area contributed by atoms with Crippen LogP contribution in [0, 0.1) is 18.8 Å². The second-order valence-electron chi connectivity index (χ2n) is 13.2. The van der Waals surface area contributed by atoms with E-state index in [1.807, 2.05) is 53.1 Å². The van der Waals surface area contributed by atoms with Gasteiger partial charge in [0.1, 0.15) is 0 Å². The number of halogens is 1. The van der Waals surface area contributed by atoms with Gasteiger partial charge in [-0.15, -0.1) is 0 Å². The number of likely N-dealkylation sites (tertiary alicyclic amines) is 2. The molecule has 4 aliphatic rings. The Hall–Kier alpha value is -3.11. The summed E-state index contributed by atoms with van der Waals surface area (Å²) < 4.78 is 7.04. The Bertz CT molecular complexity index is 1370. The van der Waals surface area contributed by atoms with Crippen molar-refractivity contribution in [2.75, 3.05) is 51.1 Å². The number of para-hydroxylation sites is 1. The van der Waals surface area contributed by atoms with Gasteiger partial charge in [-0.1, -0.05) is 46.3 Å². The van der Waals surface area contributed by atoms with Crippen molar-refractivity contribution in [2.45, 2.75) is 70.4 Å². The normalized spacial score (nSPS) is 21.1. The third-order valence-electron chi connectivity index (χ3n) is 10.4. The summed E-state index contributed by atoms with van der Waals surface area (Å²) in [5.41, 5.74) is 4.08. The molecule has 4 amide bonds. The minimum absolute atomic E-state index is 0. The summed E-state index contributed by atoms with van der Waals surface area (Å²) in [5.74, 6) is 1.30. The molecule has 0 radical (unpaired) electrons. The number of carbonyl (C=O) groups excluding carboxylic acids is 3. The Labute approximate surface area is 276 Å². The van der Waals surface area contributed by atoms with Crippen molar-refractivity contribution in [1.29, 1.82) is 0 Å². The van der Waals surface area contributed by atoms with Crippen LogP contribution in [0.5, 0.6) is 0 Å². The summed E-state index contributed by atoms with van der Waals surface area (Å²) in [7, 11) is 0. The molecule has 4 heterocycles. The third kappa shape index (κ3) is 7.65. The number of anilines is 1. The first-order chi connectivity index (χ1) is 21.9. The van der Waals surface area contributed by atoms with Crippen LogP contribution < -0.4 is 10.6 Å². The SMILES string of the molecule is Cc1ccc(C[C@@H](OC(=O)N2CCC(N3CCc4ccccc4NC3=O)CC2)C(=O)N2CCC(C3CCNCC3)CC2)cc1Br.[HH]. The molecule has 0 saturated carbocycles. The minimum atomic E-state index is -0.879. The molecule has 0 aromatic heterocycles. The molecule has 244 valence electrons. The Balaban J connectivity index is 0.00000417. The van der Waals surface area contributed by atoms with Crippen molar-refractivity contribution in [3.8, 4) is 0 Å². The number of nitrogens with one attached hydrogen (secondary N) is 2. The summed E-state index contributed by atoms with van der Waals surface area (Å²) in [6, 6.07) is 13.9. The quantitative estimate of drug-likeness (QED) is 0.399. The number of hydrogen-bond acceptors (Lipinski definition) is 5. The molecular weight excluding hydrogens is 634 g/mol. The number of hydrogen-bond donors (Lipinski definition) is 2. The lowest BCUT2D eigenvalue weighted by molar-refractivity contribution is -0.142. The summed E-state index contributed by atoms with van der Waals surface area (Å²) in [5, 5.41) is 6.52. The second kappa shape index (κ2) is 14.5. The van der Waals surface area contributed by atoms with Crippen LogP contribution in [0.15, 0.2) is 46.9 Å². The van der Waals surface area contributed by atoms with Crippen molar-refractivity contribution in [2.24, 2.45) is 11.8 Å². The summed E-state index contributed by atoms with van der Waals surface area (Å²) in [4.78, 5) is 46.1. The van der Waals surface area contributed by atoms with Crippen LogP contribution >= 0.6 is 15.9 Å². The van der Waals surface area contributed by atoms with E-state index < -0.39 is 12.2 Å². The summed E-state index contributed by atoms with van der Waals surface area (Å²) in [6.45, 7) is 7.25. The molecule has 0 unspecified atom stereocenters. The summed E-state index contributed by atoms with van der Waals surface area (Å²) in [6.07, 6.45) is 5.60. The number of aryl methyl sites for hydroxylation is 1. The van der Waals surface area contributed by atoms with Gasteiger partial charge in [0, 0.05) is 56.8 Å². The maximum absolute atomic E-state index is 13.9. The molecule has 0 spiro atoms. The van der Waals surface area contributed by atoms with Crippen LogP contribution in [0.25, 0.3) is 0 Å².